The Balaban J connectivity index is 2.04. The van der Waals surface area contributed by atoms with Crippen LogP contribution in [0.2, 0.25) is 0 Å². The molecule has 0 radical (unpaired) electrons. The second-order valence-corrected chi connectivity index (χ2v) is 5.66. The molecule has 0 fully saturated rings. The summed E-state index contributed by atoms with van der Waals surface area (Å²) in [7, 11) is 2.21. The van der Waals surface area contributed by atoms with Gasteiger partial charge in [0.05, 0.1) is 6.04 Å². The highest BCUT2D eigenvalue weighted by molar-refractivity contribution is 6.05. The lowest BCUT2D eigenvalue weighted by molar-refractivity contribution is 0.870. The molecule has 0 amide bonds. The van der Waals surface area contributed by atoms with Crippen molar-refractivity contribution in [2.24, 2.45) is 0 Å². The van der Waals surface area contributed by atoms with Crippen LogP contribution in [0.5, 0.6) is 0 Å². The molecule has 2 aliphatic rings. The molecule has 94 valence electrons. The fourth-order valence-electron chi connectivity index (χ4n) is 3.65. The first kappa shape index (κ1) is 10.9. The quantitative estimate of drug-likeness (QED) is 0.665. The molecule has 0 saturated heterocycles. The topological polar surface area (TPSA) is 3.24 Å². The summed E-state index contributed by atoms with van der Waals surface area (Å²) < 4.78 is 0. The highest BCUT2D eigenvalue weighted by Crippen LogP contribution is 2.55. The summed E-state index contributed by atoms with van der Waals surface area (Å²) in [6.45, 7) is 4.44. The lowest BCUT2D eigenvalue weighted by Gasteiger charge is -2.22. The molecule has 1 aliphatic carbocycles. The van der Waals surface area contributed by atoms with Crippen molar-refractivity contribution in [1.82, 2.24) is 0 Å². The van der Waals surface area contributed by atoms with Crippen molar-refractivity contribution in [3.63, 3.8) is 0 Å². The number of hydrogen-bond acceptors (Lipinski definition) is 1. The summed E-state index contributed by atoms with van der Waals surface area (Å²) >= 11 is 0. The van der Waals surface area contributed by atoms with Gasteiger partial charge in [-0.25, -0.2) is 0 Å². The Morgan fingerprint density at radius 3 is 2.58 bits per heavy atom. The Morgan fingerprint density at radius 2 is 1.74 bits per heavy atom. The van der Waals surface area contributed by atoms with Gasteiger partial charge in [-0.3, -0.25) is 0 Å². The standard InChI is InChI=1S/C18H17N/c1-11-8-9-16-15(10-11)17-12(2)13-6-4-5-7-14(13)18(17)19(16)3/h4-10,18H,1-3H3. The summed E-state index contributed by atoms with van der Waals surface area (Å²) in [5.74, 6) is 0. The average molecular weight is 247 g/mol. The molecule has 1 nitrogen and oxygen atoms in total. The number of fused-ring (bicyclic) bond motifs is 5. The molecule has 0 bridgehead atoms. The van der Waals surface area contributed by atoms with Crippen molar-refractivity contribution in [3.05, 3.63) is 64.7 Å². The third-order valence-electron chi connectivity index (χ3n) is 4.55. The second-order valence-electron chi connectivity index (χ2n) is 5.66. The summed E-state index contributed by atoms with van der Waals surface area (Å²) in [5.41, 5.74) is 9.93. The van der Waals surface area contributed by atoms with Crippen LogP contribution in [-0.4, -0.2) is 7.05 Å². The minimum Gasteiger partial charge on any atom is -0.363 e. The third kappa shape index (κ3) is 1.25. The second kappa shape index (κ2) is 3.51. The van der Waals surface area contributed by atoms with Gasteiger partial charge in [-0.05, 0) is 48.3 Å². The molecule has 4 rings (SSSR count). The van der Waals surface area contributed by atoms with Crippen molar-refractivity contribution < 1.29 is 0 Å². The largest absolute Gasteiger partial charge is 0.363 e. The SMILES string of the molecule is CC1=C2c3cc(C)ccc3N(C)C2c2ccccc21. The highest BCUT2D eigenvalue weighted by Gasteiger charge is 2.39. The summed E-state index contributed by atoms with van der Waals surface area (Å²) in [6.07, 6.45) is 0. The van der Waals surface area contributed by atoms with Gasteiger partial charge >= 0.3 is 0 Å². The van der Waals surface area contributed by atoms with E-state index >= 15 is 0 Å². The van der Waals surface area contributed by atoms with E-state index in [-0.39, 0.29) is 0 Å². The van der Waals surface area contributed by atoms with Gasteiger partial charge in [-0.15, -0.1) is 0 Å². The lowest BCUT2D eigenvalue weighted by Crippen LogP contribution is -2.17. The first-order valence-corrected chi connectivity index (χ1v) is 6.82. The van der Waals surface area contributed by atoms with Crippen LogP contribution in [0.25, 0.3) is 11.1 Å². The van der Waals surface area contributed by atoms with Crippen molar-refractivity contribution in [2.45, 2.75) is 19.9 Å². The molecule has 1 unspecified atom stereocenters. The number of allylic oxidation sites excluding steroid dienone is 1. The number of hydrogen-bond donors (Lipinski definition) is 0. The molecule has 2 aromatic carbocycles. The normalized spacial score (nSPS) is 19.5. The first-order valence-electron chi connectivity index (χ1n) is 6.82. The van der Waals surface area contributed by atoms with Crippen molar-refractivity contribution in [2.75, 3.05) is 11.9 Å². The van der Waals surface area contributed by atoms with Crippen molar-refractivity contribution in [3.8, 4) is 0 Å². The van der Waals surface area contributed by atoms with E-state index < -0.39 is 0 Å². The van der Waals surface area contributed by atoms with Crippen LogP contribution in [0, 0.1) is 6.92 Å². The van der Waals surface area contributed by atoms with E-state index in [2.05, 4.69) is 68.3 Å². The maximum Gasteiger partial charge on any atom is 0.0808 e. The Hall–Kier alpha value is -2.02. The Labute approximate surface area is 114 Å². The van der Waals surface area contributed by atoms with Gasteiger partial charge in [0, 0.05) is 18.3 Å². The van der Waals surface area contributed by atoms with Gasteiger partial charge in [-0.2, -0.15) is 0 Å². The molecule has 1 heteroatoms. The highest BCUT2D eigenvalue weighted by atomic mass is 15.2. The molecule has 0 saturated carbocycles. The van der Waals surface area contributed by atoms with Crippen LogP contribution < -0.4 is 4.90 Å². The van der Waals surface area contributed by atoms with Gasteiger partial charge in [-0.1, -0.05) is 35.9 Å². The zero-order valence-electron chi connectivity index (χ0n) is 11.6. The van der Waals surface area contributed by atoms with E-state index in [9.17, 15) is 0 Å². The molecule has 0 N–H and O–H groups in total. The first-order chi connectivity index (χ1) is 9.18. The smallest absolute Gasteiger partial charge is 0.0808 e. The van der Waals surface area contributed by atoms with E-state index in [1.54, 1.807) is 0 Å². The zero-order chi connectivity index (χ0) is 13.1. The summed E-state index contributed by atoms with van der Waals surface area (Å²) in [4.78, 5) is 2.42. The molecule has 1 aliphatic heterocycles. The van der Waals surface area contributed by atoms with Crippen LogP contribution in [0.1, 0.15) is 35.2 Å². The molecule has 19 heavy (non-hydrogen) atoms. The molecule has 1 heterocycles. The monoisotopic (exact) mass is 247 g/mol. The maximum absolute atomic E-state index is 2.42. The zero-order valence-corrected chi connectivity index (χ0v) is 11.6. The van der Waals surface area contributed by atoms with Crippen LogP contribution in [0.3, 0.4) is 0 Å². The number of nitrogens with zero attached hydrogens (tertiary/aromatic N) is 1. The van der Waals surface area contributed by atoms with E-state index in [1.807, 2.05) is 0 Å². The van der Waals surface area contributed by atoms with Crippen molar-refractivity contribution in [1.29, 1.82) is 0 Å². The number of likely N-dealkylation sites (N-methyl/N-ethyl adjacent to an activating group) is 1. The van der Waals surface area contributed by atoms with Gasteiger partial charge in [0.15, 0.2) is 0 Å². The number of benzene rings is 2. The van der Waals surface area contributed by atoms with Crippen LogP contribution in [0.15, 0.2) is 42.5 Å². The predicted molar refractivity (Wildman–Crippen MR) is 81.3 cm³/mol. The number of anilines is 1. The Kier molecular flexibility index (Phi) is 2.00. The Morgan fingerprint density at radius 1 is 0.947 bits per heavy atom. The van der Waals surface area contributed by atoms with E-state index in [0.717, 1.165) is 0 Å². The van der Waals surface area contributed by atoms with Gasteiger partial charge in [0.25, 0.3) is 0 Å². The van der Waals surface area contributed by atoms with Crippen LogP contribution >= 0.6 is 0 Å². The van der Waals surface area contributed by atoms with E-state index in [0.29, 0.717) is 6.04 Å². The predicted octanol–water partition coefficient (Wildman–Crippen LogP) is 4.43. The minimum absolute atomic E-state index is 0.410. The number of aryl methyl sites for hydroxylation is 1. The number of rotatable bonds is 0. The fourth-order valence-corrected chi connectivity index (χ4v) is 3.65. The van der Waals surface area contributed by atoms with E-state index in [1.165, 1.54) is 39.1 Å². The van der Waals surface area contributed by atoms with E-state index in [4.69, 9.17) is 0 Å². The summed E-state index contributed by atoms with van der Waals surface area (Å²) in [5, 5.41) is 0. The molecular weight excluding hydrogens is 230 g/mol. The summed E-state index contributed by atoms with van der Waals surface area (Å²) in [6, 6.07) is 16.0. The van der Waals surface area contributed by atoms with Crippen molar-refractivity contribution >= 4 is 16.8 Å². The fraction of sp³-hybridized carbons (Fsp3) is 0.222. The van der Waals surface area contributed by atoms with Gasteiger partial charge in [0.1, 0.15) is 0 Å². The minimum atomic E-state index is 0.410. The Bertz CT molecular complexity index is 724. The van der Waals surface area contributed by atoms with Gasteiger partial charge in [0.2, 0.25) is 0 Å². The average Bonchev–Trinajstić information content (AvgIpc) is 2.86. The van der Waals surface area contributed by atoms with Crippen LogP contribution in [0.4, 0.5) is 5.69 Å². The van der Waals surface area contributed by atoms with Gasteiger partial charge < -0.3 is 4.90 Å². The molecule has 0 aromatic heterocycles. The lowest BCUT2D eigenvalue weighted by atomic mass is 9.99. The van der Waals surface area contributed by atoms with Crippen LogP contribution in [-0.2, 0) is 0 Å². The molecule has 0 spiro atoms. The molecule has 1 atom stereocenters. The maximum atomic E-state index is 2.42. The molecule has 2 aromatic rings. The molecular formula is C18H17N. The third-order valence-corrected chi connectivity index (χ3v) is 4.55.